The number of allylic oxidation sites excluding steroid dienone is 2. The maximum absolute atomic E-state index is 11.9. The van der Waals surface area contributed by atoms with Crippen molar-refractivity contribution in [2.45, 2.75) is 160 Å². The molecule has 0 heterocycles. The zero-order valence-electron chi connectivity index (χ0n) is 35.4. The Morgan fingerprint density at radius 2 is 0.843 bits per heavy atom. The van der Waals surface area contributed by atoms with Gasteiger partial charge in [0.25, 0.3) is 0 Å². The van der Waals surface area contributed by atoms with E-state index in [4.69, 9.17) is 10.3 Å². The van der Waals surface area contributed by atoms with Crippen LogP contribution in [0.4, 0.5) is 11.4 Å². The van der Waals surface area contributed by atoms with Crippen LogP contribution in [0.2, 0.25) is 0 Å². The molecule has 3 rings (SSSR count). The molecule has 0 bridgehead atoms. The maximum Gasteiger partial charge on any atom is 2.00 e. The molecule has 4 heteroatoms. The van der Waals surface area contributed by atoms with E-state index in [0.29, 0.717) is 35.5 Å². The molecular weight excluding hydrogens is 661 g/mol. The van der Waals surface area contributed by atoms with Crippen LogP contribution in [-0.4, -0.2) is 5.71 Å². The zero-order valence-corrected chi connectivity index (χ0v) is 36.7. The molecule has 0 amide bonds. The Hall–Kier alpha value is -2.80. The van der Waals surface area contributed by atoms with Crippen molar-refractivity contribution in [1.82, 2.24) is 0 Å². The molecule has 0 aliphatic heterocycles. The molecule has 0 atom stereocenters. The summed E-state index contributed by atoms with van der Waals surface area (Å²) in [6.45, 7) is 39.9. The second-order valence-electron chi connectivity index (χ2n) is 17.9. The van der Waals surface area contributed by atoms with E-state index in [-0.39, 0.29) is 33.9 Å². The molecule has 0 aromatic heterocycles. The van der Waals surface area contributed by atoms with Crippen molar-refractivity contribution in [3.8, 4) is 5.75 Å². The van der Waals surface area contributed by atoms with Gasteiger partial charge in [0.1, 0.15) is 0 Å². The molecule has 0 saturated carbocycles. The van der Waals surface area contributed by atoms with Crippen LogP contribution in [0.5, 0.6) is 5.75 Å². The maximum atomic E-state index is 11.9. The molecule has 280 valence electrons. The fourth-order valence-corrected chi connectivity index (χ4v) is 5.97. The van der Waals surface area contributed by atoms with Crippen molar-refractivity contribution >= 4 is 17.1 Å². The Bertz CT molecular complexity index is 1530. The fraction of sp³-hybridized carbons (Fsp3) is 0.553. The van der Waals surface area contributed by atoms with Crippen molar-refractivity contribution in [3.63, 3.8) is 0 Å². The molecule has 0 aliphatic carbocycles. The van der Waals surface area contributed by atoms with E-state index in [2.05, 4.69) is 167 Å². The molecule has 0 N–H and O–H groups in total. The molecule has 0 saturated heterocycles. The standard InChI is InChI=1S/C35H53N2.C12H18O.Cr/c1-22(2)26-17-15-18-27(23(3)4)32(26)36-30(34(9,10)11)21-31(35(12,13)14)37-33-28(24(5)6)19-16-20-29(33)25(7)8;1-8(2)10-6-5-7-11(9(3)4)12(10)13;/h15-25H,1-14H3;5-9,13H,1-4H3;/q-1;;+2/p-1/b30-21-,37-31?;;. The molecule has 0 radical (unpaired) electrons. The monoisotopic (exact) mass is 730 g/mol. The topological polar surface area (TPSA) is 49.5 Å². The number of nitrogens with zero attached hydrogens (tertiary/aromatic N) is 2. The summed E-state index contributed by atoms with van der Waals surface area (Å²) in [5, 5.41) is 17.3. The summed E-state index contributed by atoms with van der Waals surface area (Å²) in [6, 6.07) is 19.2. The summed E-state index contributed by atoms with van der Waals surface area (Å²) in [5.74, 6) is 2.49. The van der Waals surface area contributed by atoms with Gasteiger partial charge < -0.3 is 10.4 Å². The van der Waals surface area contributed by atoms with Crippen molar-refractivity contribution in [2.75, 3.05) is 0 Å². The number of aliphatic imine (C=N–C) groups is 1. The summed E-state index contributed by atoms with van der Waals surface area (Å²) in [6.07, 6.45) is 2.28. The SMILES string of the molecule is CC(C)c1cccc(C(C)C)c1N=C(/C=C(\[N-]c1c(C(C)C)cccc1C(C)C)C(C)(C)C)C(C)(C)C.CC(C)c1cccc(C(C)C)c1[O-].[Cr+2]. The summed E-state index contributed by atoms with van der Waals surface area (Å²) < 4.78 is 0. The van der Waals surface area contributed by atoms with Crippen LogP contribution >= 0.6 is 0 Å². The van der Waals surface area contributed by atoms with E-state index in [1.165, 1.54) is 22.3 Å². The normalized spacial score (nSPS) is 12.9. The van der Waals surface area contributed by atoms with Crippen LogP contribution in [0.25, 0.3) is 5.32 Å². The minimum absolute atomic E-state index is 0. The van der Waals surface area contributed by atoms with Gasteiger partial charge in [-0.05, 0) is 52.0 Å². The molecule has 3 nitrogen and oxygen atoms in total. The van der Waals surface area contributed by atoms with Gasteiger partial charge in [-0.25, -0.2) is 0 Å². The van der Waals surface area contributed by atoms with Crippen LogP contribution in [0, 0.1) is 10.8 Å². The third-order valence-electron chi connectivity index (χ3n) is 9.28. The van der Waals surface area contributed by atoms with Gasteiger partial charge in [-0.2, -0.15) is 5.70 Å². The van der Waals surface area contributed by atoms with Crippen molar-refractivity contribution < 1.29 is 22.5 Å². The smallest absolute Gasteiger partial charge is 0.872 e. The third-order valence-corrected chi connectivity index (χ3v) is 9.28. The van der Waals surface area contributed by atoms with Gasteiger partial charge >= 0.3 is 17.4 Å². The number of para-hydroxylation sites is 3. The van der Waals surface area contributed by atoms with E-state index < -0.39 is 0 Å². The first kappa shape index (κ1) is 46.2. The van der Waals surface area contributed by atoms with E-state index in [1.54, 1.807) is 0 Å². The predicted molar refractivity (Wildman–Crippen MR) is 220 cm³/mol. The number of hydrogen-bond donors (Lipinski definition) is 0. The molecule has 0 spiro atoms. The van der Waals surface area contributed by atoms with Crippen LogP contribution in [0.3, 0.4) is 0 Å². The number of benzene rings is 3. The molecule has 0 aliphatic rings. The van der Waals surface area contributed by atoms with Gasteiger partial charge in [-0.1, -0.05) is 208 Å². The Morgan fingerprint density at radius 1 is 0.529 bits per heavy atom. The molecule has 3 aromatic rings. The average molecular weight is 731 g/mol. The van der Waals surface area contributed by atoms with Gasteiger partial charge in [0, 0.05) is 11.1 Å². The summed E-state index contributed by atoms with van der Waals surface area (Å²) in [4.78, 5) is 5.46. The second kappa shape index (κ2) is 19.3. The van der Waals surface area contributed by atoms with Gasteiger partial charge in [-0.15, -0.1) is 11.4 Å². The Labute approximate surface area is 325 Å². The summed E-state index contributed by atoms with van der Waals surface area (Å²) >= 11 is 0. The fourth-order valence-electron chi connectivity index (χ4n) is 5.97. The van der Waals surface area contributed by atoms with E-state index in [1.807, 2.05) is 18.2 Å². The van der Waals surface area contributed by atoms with Crippen molar-refractivity contribution in [2.24, 2.45) is 15.8 Å². The van der Waals surface area contributed by atoms with Crippen LogP contribution in [0.15, 0.2) is 71.4 Å². The molecule has 51 heavy (non-hydrogen) atoms. The first-order valence-electron chi connectivity index (χ1n) is 19.1. The summed E-state index contributed by atoms with van der Waals surface area (Å²) in [7, 11) is 0. The minimum Gasteiger partial charge on any atom is -0.872 e. The Kier molecular flexibility index (Phi) is 17.5. The average Bonchev–Trinajstić information content (AvgIpc) is 2.98. The third kappa shape index (κ3) is 12.7. The quantitative estimate of drug-likeness (QED) is 0.192. The molecular formula is C47H70CrN2O. The van der Waals surface area contributed by atoms with E-state index in [9.17, 15) is 5.11 Å². The number of hydrogen-bond acceptors (Lipinski definition) is 2. The first-order valence-corrected chi connectivity index (χ1v) is 19.1. The van der Waals surface area contributed by atoms with Gasteiger partial charge in [0.2, 0.25) is 0 Å². The van der Waals surface area contributed by atoms with Gasteiger partial charge in [-0.3, -0.25) is 4.99 Å². The largest absolute Gasteiger partial charge is 2.00 e. The number of rotatable bonds is 10. The zero-order chi connectivity index (χ0) is 38.3. The van der Waals surface area contributed by atoms with Gasteiger partial charge in [0.05, 0.1) is 5.69 Å². The predicted octanol–water partition coefficient (Wildman–Crippen LogP) is 14.9. The molecule has 3 aromatic carbocycles. The summed E-state index contributed by atoms with van der Waals surface area (Å²) in [5.41, 5.74) is 11.2. The van der Waals surface area contributed by atoms with Crippen LogP contribution < -0.4 is 5.11 Å². The second-order valence-corrected chi connectivity index (χ2v) is 17.9. The first-order chi connectivity index (χ1) is 23.0. The van der Waals surface area contributed by atoms with E-state index >= 15 is 0 Å². The minimum atomic E-state index is -0.136. The van der Waals surface area contributed by atoms with Crippen LogP contribution in [0.1, 0.15) is 194 Å². The molecule has 0 unspecified atom stereocenters. The van der Waals surface area contributed by atoms with Crippen molar-refractivity contribution in [1.29, 1.82) is 0 Å². The Morgan fingerprint density at radius 3 is 1.14 bits per heavy atom. The molecule has 0 fully saturated rings. The van der Waals surface area contributed by atoms with Gasteiger partial charge in [0.15, 0.2) is 0 Å². The van der Waals surface area contributed by atoms with E-state index in [0.717, 1.165) is 33.9 Å². The van der Waals surface area contributed by atoms with Crippen LogP contribution in [-0.2, 0) is 17.4 Å². The Balaban J connectivity index is 0.000000779. The van der Waals surface area contributed by atoms with Crippen molar-refractivity contribution in [3.05, 3.63) is 105 Å².